The molecule has 0 heterocycles. The van der Waals surface area contributed by atoms with Crippen LogP contribution in [0.1, 0.15) is 5.56 Å². The summed E-state index contributed by atoms with van der Waals surface area (Å²) in [5, 5.41) is -0.383. The molecule has 0 spiro atoms. The molecule has 0 aliphatic carbocycles. The number of nitrogens with two attached hydrogens (primary N) is 1. The van der Waals surface area contributed by atoms with Gasteiger partial charge in [0, 0.05) is 0 Å². The van der Waals surface area contributed by atoms with Gasteiger partial charge in [0.15, 0.2) is 0 Å². The first-order chi connectivity index (χ1) is 8.59. The lowest BCUT2D eigenvalue weighted by Gasteiger charge is -2.15. The molecular weight excluding hydrogens is 340 g/mol. The molecule has 0 bridgehead atoms. The van der Waals surface area contributed by atoms with Gasteiger partial charge >= 0.3 is 0 Å². The molecule has 0 saturated carbocycles. The van der Waals surface area contributed by atoms with Gasteiger partial charge in [0.1, 0.15) is 10.7 Å². The fourth-order valence-electron chi connectivity index (χ4n) is 1.19. The normalized spacial score (nSPS) is 12.1. The van der Waals surface area contributed by atoms with Crippen molar-refractivity contribution < 1.29 is 21.6 Å². The minimum Gasteiger partial charge on any atom is -0.325 e. The van der Waals surface area contributed by atoms with Crippen molar-refractivity contribution in [1.29, 1.82) is 0 Å². The topological polar surface area (TPSA) is 72.2 Å². The lowest BCUT2D eigenvalue weighted by atomic mass is 10.2. The van der Waals surface area contributed by atoms with E-state index in [-0.39, 0.29) is 23.0 Å². The van der Waals surface area contributed by atoms with Crippen molar-refractivity contribution in [3.8, 4) is 0 Å². The van der Waals surface area contributed by atoms with Crippen molar-refractivity contribution in [2.45, 2.75) is 17.7 Å². The summed E-state index contributed by atoms with van der Waals surface area (Å²) in [5.41, 5.74) is 4.83. The quantitative estimate of drug-likeness (QED) is 0.852. The van der Waals surface area contributed by atoms with Gasteiger partial charge in [-0.3, -0.25) is 0 Å². The van der Waals surface area contributed by atoms with Gasteiger partial charge in [-0.15, -0.1) is 12.4 Å². The van der Waals surface area contributed by atoms with Crippen molar-refractivity contribution in [2.24, 2.45) is 5.73 Å². The molecule has 0 atom stereocenters. The Morgan fingerprint density at radius 3 is 2.45 bits per heavy atom. The summed E-state index contributed by atoms with van der Waals surface area (Å²) in [5.74, 6) is -4.05. The Bertz CT molecular complexity index is 582. The molecule has 1 aromatic carbocycles. The second-order valence-corrected chi connectivity index (χ2v) is 6.06. The molecule has 0 unspecified atom stereocenters. The van der Waals surface area contributed by atoms with Crippen LogP contribution in [0.25, 0.3) is 0 Å². The Kier molecular flexibility index (Phi) is 6.76. The average Bonchev–Trinajstić information content (AvgIpc) is 2.31. The Hall–Kier alpha value is -0.540. The zero-order valence-electron chi connectivity index (χ0n) is 10.3. The van der Waals surface area contributed by atoms with E-state index >= 15 is 0 Å². The number of rotatable bonds is 5. The minimum absolute atomic E-state index is 0. The van der Waals surface area contributed by atoms with E-state index in [4.69, 9.17) is 17.3 Å². The van der Waals surface area contributed by atoms with Crippen LogP contribution < -0.4 is 10.5 Å². The van der Waals surface area contributed by atoms with Crippen LogP contribution in [0.2, 0.25) is 5.02 Å². The monoisotopic (exact) mass is 352 g/mol. The molecule has 20 heavy (non-hydrogen) atoms. The highest BCUT2D eigenvalue weighted by Gasteiger charge is 2.30. The number of hydrogen-bond acceptors (Lipinski definition) is 3. The summed E-state index contributed by atoms with van der Waals surface area (Å²) in [6, 6.07) is 1.78. The Morgan fingerprint density at radius 2 is 1.95 bits per heavy atom. The summed E-state index contributed by atoms with van der Waals surface area (Å²) in [4.78, 5) is -0.458. The smallest absolute Gasteiger partial charge is 0.273 e. The molecule has 0 aliphatic heterocycles. The van der Waals surface area contributed by atoms with Gasteiger partial charge in [-0.1, -0.05) is 11.6 Å². The van der Waals surface area contributed by atoms with Gasteiger partial charge in [-0.25, -0.2) is 26.3 Å². The third kappa shape index (κ3) is 4.78. The van der Waals surface area contributed by atoms with E-state index in [9.17, 15) is 21.6 Å². The van der Waals surface area contributed by atoms with E-state index in [2.05, 4.69) is 0 Å². The van der Waals surface area contributed by atoms with Crippen LogP contribution >= 0.6 is 24.0 Å². The van der Waals surface area contributed by atoms with Crippen molar-refractivity contribution in [3.63, 3.8) is 0 Å². The molecule has 0 amide bonds. The zero-order chi connectivity index (χ0) is 14.8. The van der Waals surface area contributed by atoms with E-state index < -0.39 is 39.7 Å². The molecule has 116 valence electrons. The molecule has 3 N–H and O–H groups in total. The first kappa shape index (κ1) is 19.5. The second kappa shape index (κ2) is 6.95. The summed E-state index contributed by atoms with van der Waals surface area (Å²) >= 11 is 5.60. The highest BCUT2D eigenvalue weighted by Crippen LogP contribution is 2.25. The molecule has 0 radical (unpaired) electrons. The number of hydrogen-bond donors (Lipinski definition) is 2. The first-order valence-corrected chi connectivity index (χ1v) is 6.98. The van der Waals surface area contributed by atoms with Gasteiger partial charge in [-0.2, -0.15) is 0 Å². The number of alkyl halides is 2. The van der Waals surface area contributed by atoms with Crippen LogP contribution in [-0.4, -0.2) is 27.4 Å². The standard InChI is InChI=1S/C10H12ClF3N2O2S.ClH/c1-6-2-9(7(11)3-8(6)12)19(17,18)16-5-10(13,14)4-15;/h2-3,16H,4-5,15H2,1H3;1H. The molecule has 0 aliphatic rings. The summed E-state index contributed by atoms with van der Waals surface area (Å²) in [7, 11) is -4.26. The number of nitrogens with one attached hydrogen (secondary N) is 1. The third-order valence-corrected chi connectivity index (χ3v) is 4.19. The van der Waals surface area contributed by atoms with Gasteiger partial charge in [0.2, 0.25) is 10.0 Å². The van der Waals surface area contributed by atoms with Crippen LogP contribution in [-0.2, 0) is 10.0 Å². The summed E-state index contributed by atoms with van der Waals surface area (Å²) in [6.45, 7) is -0.816. The summed E-state index contributed by atoms with van der Waals surface area (Å²) in [6.07, 6.45) is 0. The van der Waals surface area contributed by atoms with Crippen LogP contribution in [0.3, 0.4) is 0 Å². The first-order valence-electron chi connectivity index (χ1n) is 5.12. The van der Waals surface area contributed by atoms with E-state index in [1.165, 1.54) is 6.92 Å². The van der Waals surface area contributed by atoms with Crippen LogP contribution in [0, 0.1) is 12.7 Å². The molecular formula is C10H13Cl2F3N2O2S. The lowest BCUT2D eigenvalue weighted by molar-refractivity contribution is 0.0170. The lowest BCUT2D eigenvalue weighted by Crippen LogP contribution is -2.41. The largest absolute Gasteiger partial charge is 0.325 e. The van der Waals surface area contributed by atoms with E-state index in [1.54, 1.807) is 4.72 Å². The maximum absolute atomic E-state index is 13.1. The van der Waals surface area contributed by atoms with Crippen LogP contribution in [0.4, 0.5) is 13.2 Å². The second-order valence-electron chi connectivity index (χ2n) is 3.92. The van der Waals surface area contributed by atoms with Crippen molar-refractivity contribution in [3.05, 3.63) is 28.5 Å². The van der Waals surface area contributed by atoms with Gasteiger partial charge in [-0.05, 0) is 24.6 Å². The maximum atomic E-state index is 13.1. The van der Waals surface area contributed by atoms with Crippen LogP contribution in [0.5, 0.6) is 0 Å². The fourth-order valence-corrected chi connectivity index (χ4v) is 2.85. The Morgan fingerprint density at radius 1 is 1.40 bits per heavy atom. The fraction of sp³-hybridized carbons (Fsp3) is 0.400. The predicted octanol–water partition coefficient (Wildman–Crippen LogP) is 2.08. The maximum Gasteiger partial charge on any atom is 0.273 e. The van der Waals surface area contributed by atoms with Gasteiger partial charge < -0.3 is 5.73 Å². The van der Waals surface area contributed by atoms with Crippen molar-refractivity contribution >= 4 is 34.0 Å². The SMILES string of the molecule is Cc1cc(S(=O)(=O)NCC(F)(F)CN)c(Cl)cc1F.Cl. The molecule has 0 aromatic heterocycles. The van der Waals surface area contributed by atoms with Crippen molar-refractivity contribution in [2.75, 3.05) is 13.1 Å². The molecule has 4 nitrogen and oxygen atoms in total. The number of aryl methyl sites for hydroxylation is 1. The van der Waals surface area contributed by atoms with Crippen molar-refractivity contribution in [1.82, 2.24) is 4.72 Å². The predicted molar refractivity (Wildman–Crippen MR) is 72.6 cm³/mol. The minimum atomic E-state index is -4.26. The zero-order valence-corrected chi connectivity index (χ0v) is 12.7. The molecule has 0 saturated heterocycles. The van der Waals surface area contributed by atoms with E-state index in [0.717, 1.165) is 12.1 Å². The third-order valence-electron chi connectivity index (χ3n) is 2.32. The van der Waals surface area contributed by atoms with Gasteiger partial charge in [0.05, 0.1) is 18.1 Å². The van der Waals surface area contributed by atoms with E-state index in [1.807, 2.05) is 0 Å². The number of halogens is 5. The Balaban J connectivity index is 0.00000361. The molecule has 1 rings (SSSR count). The Labute approximate surface area is 125 Å². The van der Waals surface area contributed by atoms with Crippen LogP contribution in [0.15, 0.2) is 17.0 Å². The highest BCUT2D eigenvalue weighted by atomic mass is 35.5. The number of benzene rings is 1. The number of sulfonamides is 1. The molecule has 10 heteroatoms. The van der Waals surface area contributed by atoms with Gasteiger partial charge in [0.25, 0.3) is 5.92 Å². The summed E-state index contributed by atoms with van der Waals surface area (Å²) < 4.78 is 64.2. The van der Waals surface area contributed by atoms with E-state index in [0.29, 0.717) is 0 Å². The molecule has 1 aromatic rings. The molecule has 0 fully saturated rings. The highest BCUT2D eigenvalue weighted by molar-refractivity contribution is 7.89. The average molecular weight is 353 g/mol.